The molecular weight excluding hydrogens is 260 g/mol. The van der Waals surface area contributed by atoms with Gasteiger partial charge in [0.25, 0.3) is 0 Å². The molecule has 0 bridgehead atoms. The summed E-state index contributed by atoms with van der Waals surface area (Å²) >= 11 is 6.02. The fourth-order valence-corrected chi connectivity index (χ4v) is 2.29. The van der Waals surface area contributed by atoms with Crippen molar-refractivity contribution < 1.29 is 4.74 Å². The van der Waals surface area contributed by atoms with Gasteiger partial charge in [-0.1, -0.05) is 23.7 Å². The standard InChI is InChI=1S/C15H17ClN2O/c1-17-13(10-11-5-3-6-12(16)9-11)15-14(19-2)7-4-8-18-15/h3-9,13,17H,10H2,1-2H3. The molecule has 1 aromatic carbocycles. The van der Waals surface area contributed by atoms with Crippen molar-refractivity contribution in [3.05, 3.63) is 58.9 Å². The van der Waals surface area contributed by atoms with Crippen molar-refractivity contribution in [1.29, 1.82) is 0 Å². The third-order valence-electron chi connectivity index (χ3n) is 3.03. The van der Waals surface area contributed by atoms with Gasteiger partial charge in [-0.05, 0) is 43.3 Å². The molecule has 1 heterocycles. The van der Waals surface area contributed by atoms with E-state index in [-0.39, 0.29) is 6.04 Å². The van der Waals surface area contributed by atoms with E-state index in [1.807, 2.05) is 37.4 Å². The van der Waals surface area contributed by atoms with Crippen LogP contribution in [0.2, 0.25) is 5.02 Å². The Morgan fingerprint density at radius 3 is 2.84 bits per heavy atom. The highest BCUT2D eigenvalue weighted by atomic mass is 35.5. The number of benzene rings is 1. The third kappa shape index (κ3) is 3.46. The summed E-state index contributed by atoms with van der Waals surface area (Å²) in [6, 6.07) is 11.8. The first-order valence-electron chi connectivity index (χ1n) is 6.15. The summed E-state index contributed by atoms with van der Waals surface area (Å²) in [5.41, 5.74) is 2.08. The predicted octanol–water partition coefficient (Wildman–Crippen LogP) is 3.25. The van der Waals surface area contributed by atoms with Crippen LogP contribution in [0.5, 0.6) is 5.75 Å². The quantitative estimate of drug-likeness (QED) is 0.910. The SMILES string of the molecule is CNC(Cc1cccc(Cl)c1)c1ncccc1OC. The van der Waals surface area contributed by atoms with E-state index in [9.17, 15) is 0 Å². The molecule has 0 radical (unpaired) electrons. The topological polar surface area (TPSA) is 34.2 Å². The van der Waals surface area contributed by atoms with Crippen LogP contribution in [0, 0.1) is 0 Å². The van der Waals surface area contributed by atoms with Crippen LogP contribution < -0.4 is 10.1 Å². The van der Waals surface area contributed by atoms with E-state index in [0.29, 0.717) is 0 Å². The van der Waals surface area contributed by atoms with Gasteiger partial charge < -0.3 is 10.1 Å². The Hall–Kier alpha value is -1.58. The lowest BCUT2D eigenvalue weighted by Crippen LogP contribution is -2.20. The van der Waals surface area contributed by atoms with Crippen molar-refractivity contribution >= 4 is 11.6 Å². The van der Waals surface area contributed by atoms with Crippen LogP contribution in [0.3, 0.4) is 0 Å². The van der Waals surface area contributed by atoms with Gasteiger partial charge in [-0.2, -0.15) is 0 Å². The zero-order valence-electron chi connectivity index (χ0n) is 11.1. The van der Waals surface area contributed by atoms with Crippen LogP contribution in [0.15, 0.2) is 42.6 Å². The average molecular weight is 277 g/mol. The van der Waals surface area contributed by atoms with Gasteiger partial charge in [0.05, 0.1) is 18.8 Å². The second kappa shape index (κ2) is 6.55. The van der Waals surface area contributed by atoms with Crippen molar-refractivity contribution in [3.8, 4) is 5.75 Å². The van der Waals surface area contributed by atoms with Gasteiger partial charge in [-0.15, -0.1) is 0 Å². The summed E-state index contributed by atoms with van der Waals surface area (Å²) < 4.78 is 5.36. The van der Waals surface area contributed by atoms with E-state index < -0.39 is 0 Å². The monoisotopic (exact) mass is 276 g/mol. The minimum atomic E-state index is 0.0922. The molecule has 1 unspecified atom stereocenters. The number of nitrogens with one attached hydrogen (secondary N) is 1. The van der Waals surface area contributed by atoms with Crippen molar-refractivity contribution in [2.75, 3.05) is 14.2 Å². The Labute approximate surface area is 118 Å². The van der Waals surface area contributed by atoms with Crippen LogP contribution >= 0.6 is 11.6 Å². The molecule has 0 aliphatic rings. The van der Waals surface area contributed by atoms with Crippen LogP contribution in [0.4, 0.5) is 0 Å². The molecule has 4 heteroatoms. The fraction of sp³-hybridized carbons (Fsp3) is 0.267. The van der Waals surface area contributed by atoms with E-state index in [0.717, 1.165) is 22.9 Å². The zero-order valence-corrected chi connectivity index (χ0v) is 11.8. The Kier molecular flexibility index (Phi) is 4.77. The van der Waals surface area contributed by atoms with E-state index in [4.69, 9.17) is 16.3 Å². The number of hydrogen-bond donors (Lipinski definition) is 1. The first kappa shape index (κ1) is 13.8. The number of methoxy groups -OCH3 is 1. The number of halogens is 1. The number of pyridine rings is 1. The van der Waals surface area contributed by atoms with Crippen molar-refractivity contribution in [2.45, 2.75) is 12.5 Å². The number of hydrogen-bond acceptors (Lipinski definition) is 3. The number of likely N-dealkylation sites (N-methyl/N-ethyl adjacent to an activating group) is 1. The van der Waals surface area contributed by atoms with Crippen molar-refractivity contribution in [3.63, 3.8) is 0 Å². The Morgan fingerprint density at radius 1 is 1.32 bits per heavy atom. The van der Waals surface area contributed by atoms with Crippen LogP contribution in [-0.4, -0.2) is 19.1 Å². The molecule has 19 heavy (non-hydrogen) atoms. The molecule has 0 amide bonds. The van der Waals surface area contributed by atoms with Gasteiger partial charge in [-0.25, -0.2) is 0 Å². The van der Waals surface area contributed by atoms with E-state index >= 15 is 0 Å². The molecular formula is C15H17ClN2O. The summed E-state index contributed by atoms with van der Waals surface area (Å²) in [5.74, 6) is 0.795. The smallest absolute Gasteiger partial charge is 0.141 e. The number of ether oxygens (including phenoxy) is 1. The molecule has 0 aliphatic carbocycles. The number of aromatic nitrogens is 1. The second-order valence-electron chi connectivity index (χ2n) is 4.27. The summed E-state index contributed by atoms with van der Waals surface area (Å²) in [6.07, 6.45) is 2.59. The molecule has 3 nitrogen and oxygen atoms in total. The van der Waals surface area contributed by atoms with Crippen LogP contribution in [0.1, 0.15) is 17.3 Å². The first-order valence-corrected chi connectivity index (χ1v) is 6.53. The van der Waals surface area contributed by atoms with Gasteiger partial charge in [0.1, 0.15) is 5.75 Å². The normalized spacial score (nSPS) is 12.2. The molecule has 1 aromatic heterocycles. The highest BCUT2D eigenvalue weighted by Gasteiger charge is 2.16. The predicted molar refractivity (Wildman–Crippen MR) is 77.7 cm³/mol. The van der Waals surface area contributed by atoms with Gasteiger partial charge in [0.2, 0.25) is 0 Å². The number of nitrogens with zero attached hydrogens (tertiary/aromatic N) is 1. The van der Waals surface area contributed by atoms with Crippen LogP contribution in [0.25, 0.3) is 0 Å². The molecule has 0 spiro atoms. The fourth-order valence-electron chi connectivity index (χ4n) is 2.07. The second-order valence-corrected chi connectivity index (χ2v) is 4.70. The van der Waals surface area contributed by atoms with Crippen molar-refractivity contribution in [1.82, 2.24) is 10.3 Å². The highest BCUT2D eigenvalue weighted by Crippen LogP contribution is 2.25. The first-order chi connectivity index (χ1) is 9.24. The van der Waals surface area contributed by atoms with Crippen LogP contribution in [-0.2, 0) is 6.42 Å². The molecule has 0 saturated heterocycles. The Bertz CT molecular complexity index is 545. The lowest BCUT2D eigenvalue weighted by Gasteiger charge is -2.18. The summed E-state index contributed by atoms with van der Waals surface area (Å²) in [5, 5.41) is 4.03. The van der Waals surface area contributed by atoms with Crippen molar-refractivity contribution in [2.24, 2.45) is 0 Å². The molecule has 2 aromatic rings. The zero-order chi connectivity index (χ0) is 13.7. The number of rotatable bonds is 5. The summed E-state index contributed by atoms with van der Waals surface area (Å²) in [6.45, 7) is 0. The lowest BCUT2D eigenvalue weighted by molar-refractivity contribution is 0.396. The minimum Gasteiger partial charge on any atom is -0.495 e. The highest BCUT2D eigenvalue weighted by molar-refractivity contribution is 6.30. The molecule has 1 atom stereocenters. The molecule has 1 N–H and O–H groups in total. The van der Waals surface area contributed by atoms with E-state index in [1.165, 1.54) is 5.56 Å². The Balaban J connectivity index is 2.25. The maximum Gasteiger partial charge on any atom is 0.141 e. The molecule has 0 aliphatic heterocycles. The Morgan fingerprint density at radius 2 is 2.16 bits per heavy atom. The maximum atomic E-state index is 6.02. The van der Waals surface area contributed by atoms with Gasteiger partial charge in [-0.3, -0.25) is 4.98 Å². The summed E-state index contributed by atoms with van der Waals surface area (Å²) in [4.78, 5) is 4.42. The van der Waals surface area contributed by atoms with E-state index in [1.54, 1.807) is 13.3 Å². The molecule has 100 valence electrons. The minimum absolute atomic E-state index is 0.0922. The molecule has 0 fully saturated rings. The van der Waals surface area contributed by atoms with E-state index in [2.05, 4.69) is 16.4 Å². The molecule has 2 rings (SSSR count). The lowest BCUT2D eigenvalue weighted by atomic mass is 10.0. The molecule has 0 saturated carbocycles. The maximum absolute atomic E-state index is 6.02. The van der Waals surface area contributed by atoms with Gasteiger partial charge in [0.15, 0.2) is 0 Å². The average Bonchev–Trinajstić information content (AvgIpc) is 2.45. The van der Waals surface area contributed by atoms with Gasteiger partial charge in [0, 0.05) is 11.2 Å². The largest absolute Gasteiger partial charge is 0.495 e. The summed E-state index contributed by atoms with van der Waals surface area (Å²) in [7, 11) is 3.58. The third-order valence-corrected chi connectivity index (χ3v) is 3.26. The van der Waals surface area contributed by atoms with Gasteiger partial charge >= 0.3 is 0 Å².